The number of benzene rings is 3. The van der Waals surface area contributed by atoms with Crippen LogP contribution in [-0.4, -0.2) is 63.4 Å². The molecule has 0 saturated carbocycles. The first-order valence-electron chi connectivity index (χ1n) is 14.5. The Morgan fingerprint density at radius 3 is 2.18 bits per heavy atom. The largest absolute Gasteiger partial charge is 0.460 e. The number of nitro benzene ring substituents is 1. The highest BCUT2D eigenvalue weighted by Crippen LogP contribution is 2.37. The first-order chi connectivity index (χ1) is 21.5. The number of hydrogen-bond acceptors (Lipinski definition) is 9. The molecular formula is C34H40N3O7P. The molecule has 238 valence electrons. The van der Waals surface area contributed by atoms with Gasteiger partial charge in [-0.2, -0.15) is 0 Å². The van der Waals surface area contributed by atoms with Crippen molar-refractivity contribution in [3.8, 4) is 0 Å². The predicted molar refractivity (Wildman–Crippen MR) is 179 cm³/mol. The lowest BCUT2D eigenvalue weighted by Gasteiger charge is -2.28. The Kier molecular flexibility index (Phi) is 13.1. The number of aliphatic hydroxyl groups excluding tert-OH is 2. The molecular weight excluding hydrogens is 593 g/mol. The molecule has 0 aliphatic carbocycles. The molecule has 0 radical (unpaired) electrons. The summed E-state index contributed by atoms with van der Waals surface area (Å²) in [6.07, 6.45) is 0. The van der Waals surface area contributed by atoms with Crippen LogP contribution >= 0.6 is 8.43 Å². The summed E-state index contributed by atoms with van der Waals surface area (Å²) in [6, 6.07) is 26.0. The van der Waals surface area contributed by atoms with E-state index in [1.54, 1.807) is 39.8 Å². The van der Waals surface area contributed by atoms with Gasteiger partial charge in [0.1, 0.15) is 6.61 Å². The maximum atomic E-state index is 13.5. The molecule has 10 nitrogen and oxygen atoms in total. The van der Waals surface area contributed by atoms with Crippen molar-refractivity contribution >= 4 is 36.8 Å². The number of non-ortho nitro benzene ring substituents is 1. The number of ether oxygens (including phenoxy) is 1. The molecule has 45 heavy (non-hydrogen) atoms. The minimum Gasteiger partial charge on any atom is -0.460 e. The van der Waals surface area contributed by atoms with Crippen molar-refractivity contribution in [2.24, 2.45) is 10.4 Å². The minimum absolute atomic E-state index is 0.0451. The number of carbonyl (C=O) groups is 1. The van der Waals surface area contributed by atoms with Gasteiger partial charge in [0.15, 0.2) is 0 Å². The number of hydrogen-bond donors (Lipinski definition) is 3. The van der Waals surface area contributed by atoms with Crippen molar-refractivity contribution in [3.05, 3.63) is 117 Å². The maximum absolute atomic E-state index is 13.5. The van der Waals surface area contributed by atoms with Gasteiger partial charge in [0.2, 0.25) is 0 Å². The molecule has 3 aromatic carbocycles. The van der Waals surface area contributed by atoms with Crippen LogP contribution in [0.4, 0.5) is 11.4 Å². The number of aliphatic hydroxyl groups is 2. The lowest BCUT2D eigenvalue weighted by Crippen LogP contribution is -2.32. The van der Waals surface area contributed by atoms with Gasteiger partial charge in [-0.3, -0.25) is 15.1 Å². The zero-order valence-corrected chi connectivity index (χ0v) is 26.9. The number of allylic oxidation sites excluding steroid dienone is 1. The molecule has 0 spiro atoms. The monoisotopic (exact) mass is 633 g/mol. The van der Waals surface area contributed by atoms with Crippen molar-refractivity contribution in [1.82, 2.24) is 0 Å². The third-order valence-electron chi connectivity index (χ3n) is 7.19. The molecule has 3 aromatic rings. The second-order valence-corrected chi connectivity index (χ2v) is 12.0. The molecule has 0 saturated heterocycles. The van der Waals surface area contributed by atoms with Crippen LogP contribution in [0.1, 0.15) is 44.7 Å². The third kappa shape index (κ3) is 9.89. The minimum atomic E-state index is -0.707. The lowest BCUT2D eigenvalue weighted by molar-refractivity contribution is -0.384. The third-order valence-corrected chi connectivity index (χ3v) is 7.99. The van der Waals surface area contributed by atoms with Crippen LogP contribution in [0.15, 0.2) is 101 Å². The Hall–Kier alpha value is -4.21. The summed E-state index contributed by atoms with van der Waals surface area (Å²) in [6.45, 7) is 8.36. The van der Waals surface area contributed by atoms with Gasteiger partial charge >= 0.3 is 5.97 Å². The molecule has 1 atom stereocenters. The number of nitro groups is 1. The predicted octanol–water partition coefficient (Wildman–Crippen LogP) is 5.70. The maximum Gasteiger partial charge on any atom is 0.336 e. The first kappa shape index (κ1) is 35.3. The van der Waals surface area contributed by atoms with Crippen molar-refractivity contribution in [1.29, 1.82) is 0 Å². The van der Waals surface area contributed by atoms with E-state index >= 15 is 0 Å². The number of aliphatic imine (C=N–C) groups is 1. The second-order valence-electron chi connectivity index (χ2n) is 11.3. The standard InChI is InChI=1S/C29H28N3O5P.C5H12O2/c1-20-26(27(28(38-36)21(2)30-20)23-12-9-15-25(18-23)32(34)35)29(33)37-17-16-31(24-13-7-4-8-14-24)19-22-10-5-3-6-11-22;1-5(2,3-6)4-7/h3-15,18,27,36H,16-17,19H2,1-2H3;6-7H,3-4H2,1-2H3. The summed E-state index contributed by atoms with van der Waals surface area (Å²) in [4.78, 5) is 41.1. The van der Waals surface area contributed by atoms with Crippen molar-refractivity contribution < 1.29 is 29.6 Å². The lowest BCUT2D eigenvalue weighted by atomic mass is 9.83. The van der Waals surface area contributed by atoms with Crippen LogP contribution in [0.5, 0.6) is 0 Å². The average Bonchev–Trinajstić information content (AvgIpc) is 3.05. The van der Waals surface area contributed by atoms with Gasteiger partial charge in [-0.1, -0.05) is 74.5 Å². The molecule has 0 bridgehead atoms. The van der Waals surface area contributed by atoms with E-state index in [0.717, 1.165) is 11.3 Å². The summed E-state index contributed by atoms with van der Waals surface area (Å²) in [5.41, 5.74) is 3.54. The zero-order valence-electron chi connectivity index (χ0n) is 26.0. The topological polar surface area (TPSA) is 146 Å². The SMILES string of the molecule is CC(C)(CO)CO.CC1=NC(C)=C(C(=O)OCCN(Cc2ccccc2)c2ccccc2)C(c2cccc([N+](=O)[O-])c2)C1=PO. The Morgan fingerprint density at radius 1 is 1.00 bits per heavy atom. The van der Waals surface area contributed by atoms with E-state index in [2.05, 4.69) is 9.89 Å². The van der Waals surface area contributed by atoms with Crippen LogP contribution in [0.25, 0.3) is 0 Å². The van der Waals surface area contributed by atoms with E-state index < -0.39 is 16.8 Å². The van der Waals surface area contributed by atoms with Crippen LogP contribution in [0, 0.1) is 15.5 Å². The van der Waals surface area contributed by atoms with Gasteiger partial charge in [-0.25, -0.2) is 4.79 Å². The van der Waals surface area contributed by atoms with E-state index in [0.29, 0.717) is 35.4 Å². The molecule has 11 heteroatoms. The van der Waals surface area contributed by atoms with Crippen LogP contribution in [0.3, 0.4) is 0 Å². The van der Waals surface area contributed by atoms with Crippen LogP contribution in [-0.2, 0) is 16.1 Å². The van der Waals surface area contributed by atoms with Crippen LogP contribution in [0.2, 0.25) is 0 Å². The highest BCUT2D eigenvalue weighted by molar-refractivity contribution is 7.38. The van der Waals surface area contributed by atoms with Gasteiger partial charge in [-0.05, 0) is 37.1 Å². The molecule has 1 aliphatic heterocycles. The van der Waals surface area contributed by atoms with E-state index in [1.807, 2.05) is 60.7 Å². The van der Waals surface area contributed by atoms with Gasteiger partial charge in [0.05, 0.1) is 44.6 Å². The molecule has 1 unspecified atom stereocenters. The van der Waals surface area contributed by atoms with Gasteiger partial charge < -0.3 is 24.7 Å². The van der Waals surface area contributed by atoms with E-state index in [1.165, 1.54) is 12.1 Å². The summed E-state index contributed by atoms with van der Waals surface area (Å²) in [7, 11) is -0.0653. The average molecular weight is 634 g/mol. The van der Waals surface area contributed by atoms with Crippen molar-refractivity contribution in [3.63, 3.8) is 0 Å². The Labute approximate surface area is 265 Å². The van der Waals surface area contributed by atoms with Gasteiger partial charge in [0.25, 0.3) is 5.69 Å². The number of carbonyl (C=O) groups excluding carboxylic acids is 1. The fourth-order valence-electron chi connectivity index (χ4n) is 4.58. The zero-order chi connectivity index (χ0) is 33.0. The summed E-state index contributed by atoms with van der Waals surface area (Å²) in [5.74, 6) is -1.27. The van der Waals surface area contributed by atoms with Crippen molar-refractivity contribution in [2.45, 2.75) is 40.2 Å². The summed E-state index contributed by atoms with van der Waals surface area (Å²) >= 11 is 0. The molecule has 0 fully saturated rings. The molecule has 1 aliphatic rings. The quantitative estimate of drug-likeness (QED) is 0.106. The van der Waals surface area contributed by atoms with Gasteiger partial charge in [0, 0.05) is 46.5 Å². The van der Waals surface area contributed by atoms with Crippen LogP contribution < -0.4 is 4.90 Å². The summed E-state index contributed by atoms with van der Waals surface area (Å²) < 4.78 is 5.76. The molecule has 0 amide bonds. The highest BCUT2D eigenvalue weighted by atomic mass is 31.1. The smallest absolute Gasteiger partial charge is 0.336 e. The molecule has 0 aromatic heterocycles. The number of rotatable bonds is 11. The van der Waals surface area contributed by atoms with Crippen molar-refractivity contribution in [2.75, 3.05) is 31.3 Å². The number of para-hydroxylation sites is 1. The molecule has 4 rings (SSSR count). The second kappa shape index (κ2) is 16.7. The van der Waals surface area contributed by atoms with E-state index in [-0.39, 0.29) is 44.9 Å². The Morgan fingerprint density at radius 2 is 1.62 bits per heavy atom. The summed E-state index contributed by atoms with van der Waals surface area (Å²) in [5, 5.41) is 28.8. The molecule has 3 N–H and O–H groups in total. The normalized spacial score (nSPS) is 15.6. The highest BCUT2D eigenvalue weighted by Gasteiger charge is 2.35. The number of anilines is 1. The fourth-order valence-corrected chi connectivity index (χ4v) is 5.17. The Bertz CT molecular complexity index is 1530. The number of esters is 1. The van der Waals surface area contributed by atoms with Gasteiger partial charge in [-0.15, -0.1) is 0 Å². The van der Waals surface area contributed by atoms with E-state index in [9.17, 15) is 19.8 Å². The number of nitrogens with zero attached hydrogens (tertiary/aromatic N) is 3. The molecule has 1 heterocycles. The Balaban J connectivity index is 0.000000707. The fraction of sp³-hybridized carbons (Fsp3) is 0.324. The first-order valence-corrected chi connectivity index (χ1v) is 15.3. The van der Waals surface area contributed by atoms with E-state index in [4.69, 9.17) is 14.9 Å².